The Bertz CT molecular complexity index is 543. The highest BCUT2D eigenvalue weighted by atomic mass is 15.1. The average molecular weight is 258 g/mol. The molecule has 2 rings (SSSR count). The van der Waals surface area contributed by atoms with Gasteiger partial charge in [-0.15, -0.1) is 0 Å². The van der Waals surface area contributed by atoms with Gasteiger partial charge in [0.1, 0.15) is 5.82 Å². The highest BCUT2D eigenvalue weighted by molar-refractivity contribution is 5.41. The van der Waals surface area contributed by atoms with E-state index < -0.39 is 0 Å². The van der Waals surface area contributed by atoms with Gasteiger partial charge in [-0.1, -0.05) is 13.8 Å². The Kier molecular flexibility index (Phi) is 4.32. The van der Waals surface area contributed by atoms with E-state index in [1.807, 2.05) is 32.4 Å². The monoisotopic (exact) mass is 258 g/mol. The molecule has 2 aromatic heterocycles. The van der Waals surface area contributed by atoms with Gasteiger partial charge >= 0.3 is 0 Å². The second-order valence-corrected chi connectivity index (χ2v) is 5.32. The summed E-state index contributed by atoms with van der Waals surface area (Å²) in [6.07, 6.45) is 5.78. The van der Waals surface area contributed by atoms with Gasteiger partial charge in [-0.25, -0.2) is 4.98 Å². The molecule has 0 aliphatic rings. The fourth-order valence-corrected chi connectivity index (χ4v) is 2.06. The molecule has 4 heteroatoms. The van der Waals surface area contributed by atoms with E-state index in [9.17, 15) is 0 Å². The SMILES string of the molecule is Cc1cc(-n2ccnc2C)c(CNCC(C)C)cn1. The molecule has 2 aromatic rings. The number of nitrogens with one attached hydrogen (secondary N) is 1. The molecule has 0 aromatic carbocycles. The smallest absolute Gasteiger partial charge is 0.110 e. The summed E-state index contributed by atoms with van der Waals surface area (Å²) < 4.78 is 2.11. The first-order valence-corrected chi connectivity index (χ1v) is 6.74. The zero-order chi connectivity index (χ0) is 13.8. The molecule has 0 radical (unpaired) electrons. The van der Waals surface area contributed by atoms with Gasteiger partial charge < -0.3 is 9.88 Å². The highest BCUT2D eigenvalue weighted by Crippen LogP contribution is 2.16. The van der Waals surface area contributed by atoms with Crippen LogP contribution in [0.1, 0.15) is 30.9 Å². The molecule has 0 spiro atoms. The highest BCUT2D eigenvalue weighted by Gasteiger charge is 2.08. The van der Waals surface area contributed by atoms with Crippen molar-refractivity contribution in [3.8, 4) is 5.69 Å². The Labute approximate surface area is 114 Å². The maximum atomic E-state index is 4.40. The van der Waals surface area contributed by atoms with Crippen LogP contribution in [0, 0.1) is 19.8 Å². The molecule has 0 unspecified atom stereocenters. The third kappa shape index (κ3) is 3.41. The molecular formula is C15H22N4. The van der Waals surface area contributed by atoms with Gasteiger partial charge in [0.2, 0.25) is 0 Å². The summed E-state index contributed by atoms with van der Waals surface area (Å²) in [6, 6.07) is 2.11. The molecule has 0 saturated heterocycles. The molecule has 0 bridgehead atoms. The quantitative estimate of drug-likeness (QED) is 0.896. The van der Waals surface area contributed by atoms with Gasteiger partial charge in [-0.05, 0) is 32.4 Å². The number of rotatable bonds is 5. The fourth-order valence-electron chi connectivity index (χ4n) is 2.06. The fraction of sp³-hybridized carbons (Fsp3) is 0.467. The van der Waals surface area contributed by atoms with Crippen LogP contribution in [0.25, 0.3) is 5.69 Å². The number of aromatic nitrogens is 3. The lowest BCUT2D eigenvalue weighted by molar-refractivity contribution is 0.551. The summed E-state index contributed by atoms with van der Waals surface area (Å²) in [5.74, 6) is 1.65. The Morgan fingerprint density at radius 1 is 1.26 bits per heavy atom. The molecular weight excluding hydrogens is 236 g/mol. The third-order valence-electron chi connectivity index (χ3n) is 3.05. The molecule has 1 N–H and O–H groups in total. The zero-order valence-corrected chi connectivity index (χ0v) is 12.1. The number of imidazole rings is 1. The molecule has 0 atom stereocenters. The molecule has 102 valence electrons. The standard InChI is InChI=1S/C15H22N4/c1-11(2)8-16-9-14-10-18-12(3)7-15(14)19-6-5-17-13(19)4/h5-7,10-11,16H,8-9H2,1-4H3. The van der Waals surface area contributed by atoms with Crippen molar-refractivity contribution in [1.29, 1.82) is 0 Å². The van der Waals surface area contributed by atoms with E-state index in [-0.39, 0.29) is 0 Å². The van der Waals surface area contributed by atoms with Crippen molar-refractivity contribution >= 4 is 0 Å². The molecule has 19 heavy (non-hydrogen) atoms. The van der Waals surface area contributed by atoms with Crippen LogP contribution in [-0.4, -0.2) is 21.1 Å². The second-order valence-electron chi connectivity index (χ2n) is 5.32. The van der Waals surface area contributed by atoms with Crippen LogP contribution < -0.4 is 5.32 Å². The Morgan fingerprint density at radius 2 is 2.05 bits per heavy atom. The zero-order valence-electron chi connectivity index (χ0n) is 12.1. The van der Waals surface area contributed by atoms with E-state index in [4.69, 9.17) is 0 Å². The summed E-state index contributed by atoms with van der Waals surface area (Å²) in [5, 5.41) is 3.47. The van der Waals surface area contributed by atoms with Crippen LogP contribution in [0.3, 0.4) is 0 Å². The Balaban J connectivity index is 2.26. The topological polar surface area (TPSA) is 42.7 Å². The second kappa shape index (κ2) is 5.97. The van der Waals surface area contributed by atoms with Crippen molar-refractivity contribution in [2.24, 2.45) is 5.92 Å². The summed E-state index contributed by atoms with van der Waals surface area (Å²) in [4.78, 5) is 8.70. The van der Waals surface area contributed by atoms with E-state index in [1.165, 1.54) is 11.3 Å². The summed E-state index contributed by atoms with van der Waals surface area (Å²) in [7, 11) is 0. The third-order valence-corrected chi connectivity index (χ3v) is 3.05. The largest absolute Gasteiger partial charge is 0.312 e. The first kappa shape index (κ1) is 13.7. The van der Waals surface area contributed by atoms with Crippen molar-refractivity contribution in [2.75, 3.05) is 6.54 Å². The van der Waals surface area contributed by atoms with Gasteiger partial charge in [-0.3, -0.25) is 4.98 Å². The summed E-state index contributed by atoms with van der Waals surface area (Å²) >= 11 is 0. The number of nitrogens with zero attached hydrogens (tertiary/aromatic N) is 3. The molecule has 0 aliphatic heterocycles. The Morgan fingerprint density at radius 3 is 2.68 bits per heavy atom. The lowest BCUT2D eigenvalue weighted by atomic mass is 10.2. The maximum Gasteiger partial charge on any atom is 0.110 e. The average Bonchev–Trinajstić information content (AvgIpc) is 2.77. The normalized spacial score (nSPS) is 11.2. The molecule has 0 fully saturated rings. The van der Waals surface area contributed by atoms with Gasteiger partial charge in [0.05, 0.1) is 5.69 Å². The first-order valence-electron chi connectivity index (χ1n) is 6.74. The van der Waals surface area contributed by atoms with Gasteiger partial charge in [0.25, 0.3) is 0 Å². The number of aryl methyl sites for hydroxylation is 2. The predicted octanol–water partition coefficient (Wildman–Crippen LogP) is 2.63. The van der Waals surface area contributed by atoms with Crippen molar-refractivity contribution < 1.29 is 0 Å². The number of pyridine rings is 1. The van der Waals surface area contributed by atoms with Crippen LogP contribution in [0.15, 0.2) is 24.7 Å². The van der Waals surface area contributed by atoms with Gasteiger partial charge in [0, 0.05) is 36.4 Å². The van der Waals surface area contributed by atoms with E-state index in [2.05, 4.69) is 39.8 Å². The predicted molar refractivity (Wildman–Crippen MR) is 77.4 cm³/mol. The van der Waals surface area contributed by atoms with Crippen LogP contribution >= 0.6 is 0 Å². The minimum Gasteiger partial charge on any atom is -0.312 e. The maximum absolute atomic E-state index is 4.40. The number of hydrogen-bond acceptors (Lipinski definition) is 3. The van der Waals surface area contributed by atoms with Crippen molar-refractivity contribution in [3.05, 3.63) is 41.7 Å². The molecule has 0 amide bonds. The van der Waals surface area contributed by atoms with Crippen molar-refractivity contribution in [2.45, 2.75) is 34.2 Å². The molecule has 0 saturated carbocycles. The lowest BCUT2D eigenvalue weighted by Crippen LogP contribution is -2.20. The minimum atomic E-state index is 0.650. The first-order chi connectivity index (χ1) is 9.08. The summed E-state index contributed by atoms with van der Waals surface area (Å²) in [5.41, 5.74) is 3.39. The van der Waals surface area contributed by atoms with E-state index in [1.54, 1.807) is 0 Å². The number of hydrogen-bond donors (Lipinski definition) is 1. The van der Waals surface area contributed by atoms with Crippen molar-refractivity contribution in [3.63, 3.8) is 0 Å². The van der Waals surface area contributed by atoms with Crippen molar-refractivity contribution in [1.82, 2.24) is 19.9 Å². The van der Waals surface area contributed by atoms with Crippen LogP contribution in [-0.2, 0) is 6.54 Å². The molecule has 0 aliphatic carbocycles. The van der Waals surface area contributed by atoms with Crippen LogP contribution in [0.4, 0.5) is 0 Å². The van der Waals surface area contributed by atoms with Gasteiger partial charge in [0.15, 0.2) is 0 Å². The van der Waals surface area contributed by atoms with E-state index >= 15 is 0 Å². The van der Waals surface area contributed by atoms with Crippen LogP contribution in [0.2, 0.25) is 0 Å². The van der Waals surface area contributed by atoms with E-state index in [0.717, 1.165) is 24.6 Å². The van der Waals surface area contributed by atoms with Crippen LogP contribution in [0.5, 0.6) is 0 Å². The summed E-state index contributed by atoms with van der Waals surface area (Å²) in [6.45, 7) is 10.3. The van der Waals surface area contributed by atoms with Gasteiger partial charge in [-0.2, -0.15) is 0 Å². The molecule has 4 nitrogen and oxygen atoms in total. The minimum absolute atomic E-state index is 0.650. The van der Waals surface area contributed by atoms with E-state index in [0.29, 0.717) is 5.92 Å². The Hall–Kier alpha value is -1.68. The lowest BCUT2D eigenvalue weighted by Gasteiger charge is -2.14. The molecule has 2 heterocycles.